The van der Waals surface area contributed by atoms with Crippen LogP contribution in [0.4, 0.5) is 0 Å². The van der Waals surface area contributed by atoms with Gasteiger partial charge in [-0.05, 0) is 44.7 Å². The maximum absolute atomic E-state index is 12.3. The predicted molar refractivity (Wildman–Crippen MR) is 110 cm³/mol. The Morgan fingerprint density at radius 2 is 1.54 bits per heavy atom. The van der Waals surface area contributed by atoms with Crippen LogP contribution in [0.2, 0.25) is 0 Å². The molecule has 0 unspecified atom stereocenters. The molecule has 0 spiro atoms. The third-order valence-electron chi connectivity index (χ3n) is 5.64. The Bertz CT molecular complexity index is 510. The lowest BCUT2D eigenvalue weighted by atomic mass is 9.97. The van der Waals surface area contributed by atoms with Gasteiger partial charge in [-0.15, -0.1) is 0 Å². The number of piperidine rings is 1. The Morgan fingerprint density at radius 1 is 0.929 bits per heavy atom. The Balaban J connectivity index is 1.51. The van der Waals surface area contributed by atoms with Crippen molar-refractivity contribution in [2.24, 2.45) is 11.8 Å². The summed E-state index contributed by atoms with van der Waals surface area (Å²) in [4.78, 5) is 40.3. The van der Waals surface area contributed by atoms with Crippen LogP contribution in [0.25, 0.3) is 0 Å². The minimum Gasteiger partial charge on any atom is -0.356 e. The van der Waals surface area contributed by atoms with E-state index in [0.29, 0.717) is 51.5 Å². The topological polar surface area (TPSA) is 81.8 Å². The molecule has 0 radical (unpaired) electrons. The van der Waals surface area contributed by atoms with Crippen LogP contribution in [0.5, 0.6) is 0 Å². The van der Waals surface area contributed by atoms with Crippen molar-refractivity contribution in [2.75, 3.05) is 45.8 Å². The van der Waals surface area contributed by atoms with Crippen LogP contribution in [-0.4, -0.2) is 73.3 Å². The van der Waals surface area contributed by atoms with Crippen LogP contribution in [0.3, 0.4) is 0 Å². The quantitative estimate of drug-likeness (QED) is 0.579. The number of carbonyl (C=O) groups is 3. The number of carbonyl (C=O) groups excluding carboxylic acids is 3. The van der Waals surface area contributed by atoms with E-state index in [1.165, 1.54) is 0 Å². The van der Waals surface area contributed by atoms with Gasteiger partial charge in [-0.3, -0.25) is 14.4 Å². The van der Waals surface area contributed by atoms with Gasteiger partial charge in [0.1, 0.15) is 0 Å². The summed E-state index contributed by atoms with van der Waals surface area (Å²) in [5.74, 6) is 1.11. The highest BCUT2D eigenvalue weighted by Gasteiger charge is 2.24. The smallest absolute Gasteiger partial charge is 0.223 e. The first-order chi connectivity index (χ1) is 13.5. The number of unbranched alkanes of at least 4 members (excludes halogenated alkanes) is 2. The zero-order chi connectivity index (χ0) is 20.4. The Labute approximate surface area is 169 Å². The highest BCUT2D eigenvalue weighted by molar-refractivity contribution is 5.79. The summed E-state index contributed by atoms with van der Waals surface area (Å²) < 4.78 is 0. The fourth-order valence-corrected chi connectivity index (χ4v) is 3.86. The second kappa shape index (κ2) is 12.0. The molecule has 0 aromatic heterocycles. The van der Waals surface area contributed by atoms with Crippen LogP contribution in [0, 0.1) is 11.8 Å². The van der Waals surface area contributed by atoms with Gasteiger partial charge in [-0.2, -0.15) is 0 Å². The predicted octanol–water partition coefficient (Wildman–Crippen LogP) is 1.38. The van der Waals surface area contributed by atoms with Crippen molar-refractivity contribution in [3.8, 4) is 0 Å². The van der Waals surface area contributed by atoms with E-state index in [-0.39, 0.29) is 23.6 Å². The van der Waals surface area contributed by atoms with Gasteiger partial charge >= 0.3 is 0 Å². The van der Waals surface area contributed by atoms with E-state index in [1.807, 2.05) is 9.80 Å². The van der Waals surface area contributed by atoms with Crippen molar-refractivity contribution in [3.05, 3.63) is 0 Å². The van der Waals surface area contributed by atoms with Crippen molar-refractivity contribution in [1.29, 1.82) is 0 Å². The third kappa shape index (κ3) is 7.78. The number of hydrogen-bond donors (Lipinski definition) is 2. The summed E-state index contributed by atoms with van der Waals surface area (Å²) in [5, 5.41) is 6.30. The molecular formula is C21H38N4O3. The van der Waals surface area contributed by atoms with Gasteiger partial charge in [0.25, 0.3) is 0 Å². The van der Waals surface area contributed by atoms with Crippen molar-refractivity contribution in [1.82, 2.24) is 20.4 Å². The van der Waals surface area contributed by atoms with Crippen LogP contribution in [0.1, 0.15) is 58.8 Å². The molecule has 7 nitrogen and oxygen atoms in total. The number of nitrogens with one attached hydrogen (secondary N) is 2. The van der Waals surface area contributed by atoms with E-state index in [4.69, 9.17) is 0 Å². The van der Waals surface area contributed by atoms with E-state index < -0.39 is 0 Å². The molecule has 2 heterocycles. The molecule has 0 saturated carbocycles. The maximum atomic E-state index is 12.3. The Morgan fingerprint density at radius 3 is 2.14 bits per heavy atom. The zero-order valence-electron chi connectivity index (χ0n) is 17.7. The molecule has 160 valence electrons. The van der Waals surface area contributed by atoms with E-state index >= 15 is 0 Å². The van der Waals surface area contributed by atoms with Crippen molar-refractivity contribution >= 4 is 17.7 Å². The first-order valence-corrected chi connectivity index (χ1v) is 11.0. The molecule has 2 N–H and O–H groups in total. The minimum absolute atomic E-state index is 0.161. The van der Waals surface area contributed by atoms with Crippen LogP contribution in [0.15, 0.2) is 0 Å². The first-order valence-electron chi connectivity index (χ1n) is 11.0. The molecule has 0 aliphatic carbocycles. The molecule has 2 saturated heterocycles. The van der Waals surface area contributed by atoms with Crippen molar-refractivity contribution in [2.45, 2.75) is 58.8 Å². The maximum Gasteiger partial charge on any atom is 0.223 e. The number of piperazine rings is 1. The number of amides is 3. The SMILES string of the molecule is CC(C)CC(=O)N1CCN(C(=O)CCCCCNC(=O)C2CCNCC2)CC1. The first kappa shape index (κ1) is 22.7. The minimum atomic E-state index is 0.161. The van der Waals surface area contributed by atoms with Crippen LogP contribution in [-0.2, 0) is 14.4 Å². The number of rotatable bonds is 9. The average Bonchev–Trinajstić information content (AvgIpc) is 2.70. The van der Waals surface area contributed by atoms with E-state index in [9.17, 15) is 14.4 Å². The third-order valence-corrected chi connectivity index (χ3v) is 5.64. The van der Waals surface area contributed by atoms with E-state index in [1.54, 1.807) is 0 Å². The van der Waals surface area contributed by atoms with Gasteiger partial charge in [-0.25, -0.2) is 0 Å². The summed E-state index contributed by atoms with van der Waals surface area (Å²) in [6.07, 6.45) is 5.72. The standard InChI is InChI=1S/C21H38N4O3/c1-17(2)16-20(27)25-14-12-24(13-15-25)19(26)6-4-3-5-9-23-21(28)18-7-10-22-11-8-18/h17-18,22H,3-16H2,1-2H3,(H,23,28). The second-order valence-electron chi connectivity index (χ2n) is 8.49. The molecule has 0 atom stereocenters. The molecule has 2 aliphatic heterocycles. The molecule has 7 heteroatoms. The van der Waals surface area contributed by atoms with Crippen LogP contribution >= 0.6 is 0 Å². The van der Waals surface area contributed by atoms with Crippen LogP contribution < -0.4 is 10.6 Å². The molecule has 3 amide bonds. The molecular weight excluding hydrogens is 356 g/mol. The van der Waals surface area contributed by atoms with Gasteiger partial charge in [0.15, 0.2) is 0 Å². The normalized spacial score (nSPS) is 18.4. The molecule has 0 aromatic carbocycles. The fraction of sp³-hybridized carbons (Fsp3) is 0.857. The summed E-state index contributed by atoms with van der Waals surface area (Å²) in [5.41, 5.74) is 0. The summed E-state index contributed by atoms with van der Waals surface area (Å²) in [6.45, 7) is 9.27. The second-order valence-corrected chi connectivity index (χ2v) is 8.49. The van der Waals surface area contributed by atoms with Gasteiger partial charge in [-0.1, -0.05) is 20.3 Å². The molecule has 2 rings (SSSR count). The number of nitrogens with zero attached hydrogens (tertiary/aromatic N) is 2. The molecule has 0 bridgehead atoms. The highest BCUT2D eigenvalue weighted by Crippen LogP contribution is 2.12. The monoisotopic (exact) mass is 394 g/mol. The van der Waals surface area contributed by atoms with Crippen molar-refractivity contribution < 1.29 is 14.4 Å². The molecule has 2 aliphatic rings. The lowest BCUT2D eigenvalue weighted by Gasteiger charge is -2.35. The van der Waals surface area contributed by atoms with E-state index in [0.717, 1.165) is 45.2 Å². The molecule has 2 fully saturated rings. The Hall–Kier alpha value is -1.63. The average molecular weight is 395 g/mol. The zero-order valence-corrected chi connectivity index (χ0v) is 17.7. The lowest BCUT2D eigenvalue weighted by molar-refractivity contribution is -0.140. The summed E-state index contributed by atoms with van der Waals surface area (Å²) in [7, 11) is 0. The Kier molecular flexibility index (Phi) is 9.75. The molecule has 0 aromatic rings. The van der Waals surface area contributed by atoms with Gasteiger partial charge in [0.2, 0.25) is 17.7 Å². The molecule has 28 heavy (non-hydrogen) atoms. The van der Waals surface area contributed by atoms with E-state index in [2.05, 4.69) is 24.5 Å². The van der Waals surface area contributed by atoms with Gasteiger partial charge in [0.05, 0.1) is 0 Å². The highest BCUT2D eigenvalue weighted by atomic mass is 16.2. The number of hydrogen-bond acceptors (Lipinski definition) is 4. The van der Waals surface area contributed by atoms with Crippen molar-refractivity contribution in [3.63, 3.8) is 0 Å². The summed E-state index contributed by atoms with van der Waals surface area (Å²) in [6, 6.07) is 0. The van der Waals surface area contributed by atoms with Gasteiger partial charge < -0.3 is 20.4 Å². The largest absolute Gasteiger partial charge is 0.356 e. The fourth-order valence-electron chi connectivity index (χ4n) is 3.86. The lowest BCUT2D eigenvalue weighted by Crippen LogP contribution is -2.50. The van der Waals surface area contributed by atoms with Gasteiger partial charge in [0, 0.05) is 51.5 Å². The summed E-state index contributed by atoms with van der Waals surface area (Å²) >= 11 is 0.